The number of fused-ring (bicyclic) bond motifs is 1. The van der Waals surface area contributed by atoms with Crippen molar-refractivity contribution < 1.29 is 5.11 Å². The summed E-state index contributed by atoms with van der Waals surface area (Å²) in [6.45, 7) is 6.43. The minimum Gasteiger partial charge on any atom is -0.389 e. The van der Waals surface area contributed by atoms with Gasteiger partial charge in [0.25, 0.3) is 0 Å². The molecule has 2 N–H and O–H groups in total. The number of rotatable bonds is 4. The van der Waals surface area contributed by atoms with E-state index in [1.807, 2.05) is 19.1 Å². The average molecular weight is 298 g/mol. The second-order valence-electron chi connectivity index (χ2n) is 5.64. The Bertz CT molecular complexity index is 657. The van der Waals surface area contributed by atoms with Gasteiger partial charge in [-0.2, -0.15) is 4.98 Å². The number of nitrogens with one attached hydrogen (secondary N) is 1. The Balaban J connectivity index is 1.81. The molecule has 1 aliphatic heterocycles. The Morgan fingerprint density at radius 3 is 2.95 bits per heavy atom. The van der Waals surface area contributed by atoms with Crippen LogP contribution >= 0.6 is 0 Å². The molecule has 0 spiro atoms. The highest BCUT2D eigenvalue weighted by atomic mass is 16.3. The van der Waals surface area contributed by atoms with Crippen LogP contribution in [0.25, 0.3) is 0 Å². The molecule has 1 atom stereocenters. The average Bonchev–Trinajstić information content (AvgIpc) is 2.54. The van der Waals surface area contributed by atoms with Gasteiger partial charge in [-0.05, 0) is 43.0 Å². The number of hydrogen-bond donors (Lipinski definition) is 2. The second-order valence-corrected chi connectivity index (χ2v) is 5.64. The smallest absolute Gasteiger partial charge is 0.224 e. The molecule has 0 radical (unpaired) electrons. The summed E-state index contributed by atoms with van der Waals surface area (Å²) in [6.07, 6.45) is 2.36. The third-order valence-electron chi connectivity index (χ3n) is 4.02. The van der Waals surface area contributed by atoms with Crippen molar-refractivity contribution >= 4 is 11.8 Å². The van der Waals surface area contributed by atoms with Crippen LogP contribution in [0.2, 0.25) is 0 Å². The summed E-state index contributed by atoms with van der Waals surface area (Å²) >= 11 is 0. The first-order valence-electron chi connectivity index (χ1n) is 7.79. The largest absolute Gasteiger partial charge is 0.389 e. The SMILES string of the molecule is CCNc1nccc(N2CCc3cc([C@H](C)O)ccc3C2)n1. The van der Waals surface area contributed by atoms with Crippen LogP contribution in [0.5, 0.6) is 0 Å². The lowest BCUT2D eigenvalue weighted by Gasteiger charge is -2.30. The Morgan fingerprint density at radius 2 is 2.18 bits per heavy atom. The Labute approximate surface area is 131 Å². The molecular weight excluding hydrogens is 276 g/mol. The lowest BCUT2D eigenvalue weighted by molar-refractivity contribution is 0.199. The quantitative estimate of drug-likeness (QED) is 0.908. The van der Waals surface area contributed by atoms with E-state index in [0.717, 1.165) is 37.4 Å². The molecule has 5 nitrogen and oxygen atoms in total. The predicted molar refractivity (Wildman–Crippen MR) is 88.0 cm³/mol. The van der Waals surface area contributed by atoms with E-state index in [4.69, 9.17) is 0 Å². The number of aromatic nitrogens is 2. The molecule has 2 heterocycles. The second kappa shape index (κ2) is 6.32. The van der Waals surface area contributed by atoms with Gasteiger partial charge in [-0.3, -0.25) is 0 Å². The maximum Gasteiger partial charge on any atom is 0.224 e. The number of aliphatic hydroxyl groups is 1. The molecule has 0 saturated heterocycles. The summed E-state index contributed by atoms with van der Waals surface area (Å²) in [4.78, 5) is 11.1. The van der Waals surface area contributed by atoms with Crippen molar-refractivity contribution in [2.45, 2.75) is 32.9 Å². The molecule has 116 valence electrons. The van der Waals surface area contributed by atoms with E-state index in [0.29, 0.717) is 5.95 Å². The Hall–Kier alpha value is -2.14. The van der Waals surface area contributed by atoms with Crippen LogP contribution in [-0.2, 0) is 13.0 Å². The molecule has 0 saturated carbocycles. The molecule has 0 amide bonds. The number of anilines is 2. The van der Waals surface area contributed by atoms with Crippen LogP contribution in [0.15, 0.2) is 30.5 Å². The van der Waals surface area contributed by atoms with Crippen molar-refractivity contribution in [3.8, 4) is 0 Å². The van der Waals surface area contributed by atoms with Crippen molar-refractivity contribution in [2.75, 3.05) is 23.3 Å². The topological polar surface area (TPSA) is 61.3 Å². The van der Waals surface area contributed by atoms with E-state index in [9.17, 15) is 5.11 Å². The zero-order valence-electron chi connectivity index (χ0n) is 13.1. The molecule has 1 aromatic heterocycles. The molecule has 0 aliphatic carbocycles. The standard InChI is InChI=1S/C17H22N4O/c1-3-18-17-19-8-6-16(20-17)21-9-7-14-10-13(12(2)22)4-5-15(14)11-21/h4-6,8,10,12,22H,3,7,9,11H2,1-2H3,(H,18,19,20)/t12-/m0/s1. The molecule has 0 unspecified atom stereocenters. The van der Waals surface area contributed by atoms with Crippen LogP contribution in [-0.4, -0.2) is 28.2 Å². The van der Waals surface area contributed by atoms with Gasteiger partial charge in [0, 0.05) is 25.8 Å². The van der Waals surface area contributed by atoms with Gasteiger partial charge >= 0.3 is 0 Å². The summed E-state index contributed by atoms with van der Waals surface area (Å²) in [5.41, 5.74) is 3.62. The van der Waals surface area contributed by atoms with Gasteiger partial charge in [0.05, 0.1) is 6.10 Å². The van der Waals surface area contributed by atoms with Gasteiger partial charge in [0.1, 0.15) is 5.82 Å². The van der Waals surface area contributed by atoms with Crippen LogP contribution in [0.1, 0.15) is 36.6 Å². The summed E-state index contributed by atoms with van der Waals surface area (Å²) in [6, 6.07) is 8.21. The van der Waals surface area contributed by atoms with Crippen molar-refractivity contribution in [3.63, 3.8) is 0 Å². The molecule has 5 heteroatoms. The summed E-state index contributed by atoms with van der Waals surface area (Å²) in [7, 11) is 0. The van der Waals surface area contributed by atoms with Gasteiger partial charge in [0.15, 0.2) is 0 Å². The van der Waals surface area contributed by atoms with Gasteiger partial charge < -0.3 is 15.3 Å². The highest BCUT2D eigenvalue weighted by Gasteiger charge is 2.18. The molecule has 3 rings (SSSR count). The third kappa shape index (κ3) is 3.04. The predicted octanol–water partition coefficient (Wildman–Crippen LogP) is 2.52. The van der Waals surface area contributed by atoms with E-state index in [2.05, 4.69) is 32.3 Å². The fourth-order valence-electron chi connectivity index (χ4n) is 2.80. The monoisotopic (exact) mass is 298 g/mol. The highest BCUT2D eigenvalue weighted by molar-refractivity contribution is 5.47. The van der Waals surface area contributed by atoms with Gasteiger partial charge in [-0.1, -0.05) is 18.2 Å². The van der Waals surface area contributed by atoms with Crippen molar-refractivity contribution in [2.24, 2.45) is 0 Å². The molecule has 22 heavy (non-hydrogen) atoms. The van der Waals surface area contributed by atoms with Crippen LogP contribution in [0.3, 0.4) is 0 Å². The van der Waals surface area contributed by atoms with E-state index in [1.165, 1.54) is 11.1 Å². The van der Waals surface area contributed by atoms with Gasteiger partial charge in [0.2, 0.25) is 5.95 Å². The molecule has 0 bridgehead atoms. The number of aliphatic hydroxyl groups excluding tert-OH is 1. The maximum absolute atomic E-state index is 9.70. The summed E-state index contributed by atoms with van der Waals surface area (Å²) < 4.78 is 0. The minimum absolute atomic E-state index is 0.409. The molecular formula is C17H22N4O. The van der Waals surface area contributed by atoms with Crippen LogP contribution in [0.4, 0.5) is 11.8 Å². The first-order chi connectivity index (χ1) is 10.7. The molecule has 1 aromatic carbocycles. The number of nitrogens with zero attached hydrogens (tertiary/aromatic N) is 3. The third-order valence-corrected chi connectivity index (χ3v) is 4.02. The van der Waals surface area contributed by atoms with Crippen molar-refractivity contribution in [1.82, 2.24) is 9.97 Å². The van der Waals surface area contributed by atoms with Gasteiger partial charge in [-0.15, -0.1) is 0 Å². The summed E-state index contributed by atoms with van der Waals surface area (Å²) in [5, 5.41) is 12.9. The lowest BCUT2D eigenvalue weighted by atomic mass is 9.96. The minimum atomic E-state index is -0.409. The Morgan fingerprint density at radius 1 is 1.32 bits per heavy atom. The molecule has 2 aromatic rings. The lowest BCUT2D eigenvalue weighted by Crippen LogP contribution is -2.31. The summed E-state index contributed by atoms with van der Waals surface area (Å²) in [5.74, 6) is 1.63. The fraction of sp³-hybridized carbons (Fsp3) is 0.412. The van der Waals surface area contributed by atoms with E-state index in [-0.39, 0.29) is 0 Å². The number of benzene rings is 1. The van der Waals surface area contributed by atoms with Crippen LogP contribution in [0, 0.1) is 0 Å². The first kappa shape index (κ1) is 14.8. The van der Waals surface area contributed by atoms with E-state index in [1.54, 1.807) is 13.1 Å². The fourth-order valence-corrected chi connectivity index (χ4v) is 2.80. The normalized spacial score (nSPS) is 15.3. The van der Waals surface area contributed by atoms with Crippen LogP contribution < -0.4 is 10.2 Å². The maximum atomic E-state index is 9.70. The van der Waals surface area contributed by atoms with E-state index < -0.39 is 6.10 Å². The van der Waals surface area contributed by atoms with E-state index >= 15 is 0 Å². The van der Waals surface area contributed by atoms with Gasteiger partial charge in [-0.25, -0.2) is 4.98 Å². The van der Waals surface area contributed by atoms with Crippen molar-refractivity contribution in [3.05, 3.63) is 47.2 Å². The number of hydrogen-bond acceptors (Lipinski definition) is 5. The Kier molecular flexibility index (Phi) is 4.24. The van der Waals surface area contributed by atoms with Crippen molar-refractivity contribution in [1.29, 1.82) is 0 Å². The zero-order chi connectivity index (χ0) is 15.5. The molecule has 1 aliphatic rings. The first-order valence-corrected chi connectivity index (χ1v) is 7.79. The molecule has 0 fully saturated rings. The zero-order valence-corrected chi connectivity index (χ0v) is 13.1. The highest BCUT2D eigenvalue weighted by Crippen LogP contribution is 2.26.